The number of aromatic nitrogens is 3. The van der Waals surface area contributed by atoms with E-state index in [1.165, 1.54) is 11.3 Å². The third kappa shape index (κ3) is 2.85. The van der Waals surface area contributed by atoms with Crippen LogP contribution in [0.3, 0.4) is 0 Å². The topological polar surface area (TPSA) is 59.9 Å². The second-order valence-electron chi connectivity index (χ2n) is 3.46. The van der Waals surface area contributed by atoms with Gasteiger partial charge in [0.05, 0.1) is 16.8 Å². The Morgan fingerprint density at radius 1 is 1.44 bits per heavy atom. The highest BCUT2D eigenvalue weighted by molar-refractivity contribution is 9.10. The van der Waals surface area contributed by atoms with Crippen LogP contribution in [0.2, 0.25) is 0 Å². The SMILES string of the molecule is CCNc1nc(-c2nccs2)nc(COC)c1Br. The molecule has 0 aliphatic rings. The zero-order valence-corrected chi connectivity index (χ0v) is 12.5. The van der Waals surface area contributed by atoms with Crippen LogP contribution in [0, 0.1) is 0 Å². The molecule has 0 amide bonds. The number of thiazole rings is 1. The number of halogens is 1. The minimum Gasteiger partial charge on any atom is -0.378 e. The number of rotatable bonds is 5. The van der Waals surface area contributed by atoms with Crippen molar-refractivity contribution in [1.82, 2.24) is 15.0 Å². The van der Waals surface area contributed by atoms with E-state index in [-0.39, 0.29) is 0 Å². The number of hydrogen-bond acceptors (Lipinski definition) is 6. The van der Waals surface area contributed by atoms with E-state index in [0.717, 1.165) is 27.5 Å². The Labute approximate surface area is 118 Å². The third-order valence-corrected chi connectivity index (χ3v) is 3.77. The smallest absolute Gasteiger partial charge is 0.191 e. The number of anilines is 1. The molecule has 0 saturated heterocycles. The Hall–Kier alpha value is -1.05. The van der Waals surface area contributed by atoms with Crippen LogP contribution in [0.4, 0.5) is 5.82 Å². The molecule has 0 aliphatic carbocycles. The summed E-state index contributed by atoms with van der Waals surface area (Å²) in [6.45, 7) is 3.24. The standard InChI is InChI=1S/C11H13BrN4OS/c1-3-13-9-8(12)7(6-17-2)15-10(16-9)11-14-4-5-18-11/h4-5H,3,6H2,1-2H3,(H,13,15,16). The van der Waals surface area contributed by atoms with Crippen LogP contribution in [0.15, 0.2) is 16.0 Å². The Balaban J connectivity index is 2.47. The quantitative estimate of drug-likeness (QED) is 0.914. The molecule has 0 saturated carbocycles. The fraction of sp³-hybridized carbons (Fsp3) is 0.364. The number of ether oxygens (including phenoxy) is 1. The second kappa shape index (κ2) is 6.21. The first-order valence-electron chi connectivity index (χ1n) is 5.45. The summed E-state index contributed by atoms with van der Waals surface area (Å²) in [5.74, 6) is 1.39. The van der Waals surface area contributed by atoms with Gasteiger partial charge in [0, 0.05) is 25.2 Å². The van der Waals surface area contributed by atoms with Crippen LogP contribution < -0.4 is 5.32 Å². The lowest BCUT2D eigenvalue weighted by molar-refractivity contribution is 0.181. The van der Waals surface area contributed by atoms with Gasteiger partial charge >= 0.3 is 0 Å². The second-order valence-corrected chi connectivity index (χ2v) is 5.14. The highest BCUT2D eigenvalue weighted by atomic mass is 79.9. The monoisotopic (exact) mass is 328 g/mol. The van der Waals surface area contributed by atoms with E-state index < -0.39 is 0 Å². The van der Waals surface area contributed by atoms with Gasteiger partial charge in [-0.2, -0.15) is 0 Å². The maximum Gasteiger partial charge on any atom is 0.191 e. The zero-order valence-electron chi connectivity index (χ0n) is 10.1. The molecule has 0 atom stereocenters. The number of nitrogens with zero attached hydrogens (tertiary/aromatic N) is 3. The Morgan fingerprint density at radius 3 is 2.89 bits per heavy atom. The maximum absolute atomic E-state index is 5.15. The Morgan fingerprint density at radius 2 is 2.28 bits per heavy atom. The molecule has 5 nitrogen and oxygen atoms in total. The molecule has 18 heavy (non-hydrogen) atoms. The molecule has 0 fully saturated rings. The lowest BCUT2D eigenvalue weighted by atomic mass is 10.4. The van der Waals surface area contributed by atoms with Crippen molar-refractivity contribution < 1.29 is 4.74 Å². The molecular weight excluding hydrogens is 316 g/mol. The van der Waals surface area contributed by atoms with E-state index in [9.17, 15) is 0 Å². The first-order chi connectivity index (χ1) is 8.76. The molecule has 0 bridgehead atoms. The lowest BCUT2D eigenvalue weighted by Crippen LogP contribution is -2.06. The minimum absolute atomic E-state index is 0.430. The lowest BCUT2D eigenvalue weighted by Gasteiger charge is -2.10. The molecule has 2 aromatic rings. The van der Waals surface area contributed by atoms with Gasteiger partial charge in [-0.05, 0) is 22.9 Å². The minimum atomic E-state index is 0.430. The fourth-order valence-electron chi connectivity index (χ4n) is 1.44. The van der Waals surface area contributed by atoms with E-state index in [0.29, 0.717) is 12.4 Å². The van der Waals surface area contributed by atoms with Crippen LogP contribution in [-0.2, 0) is 11.3 Å². The molecule has 1 N–H and O–H groups in total. The number of hydrogen-bond donors (Lipinski definition) is 1. The van der Waals surface area contributed by atoms with E-state index in [2.05, 4.69) is 36.2 Å². The summed E-state index contributed by atoms with van der Waals surface area (Å²) in [6, 6.07) is 0. The first-order valence-corrected chi connectivity index (χ1v) is 7.12. The number of nitrogens with one attached hydrogen (secondary N) is 1. The van der Waals surface area contributed by atoms with Gasteiger partial charge in [0.25, 0.3) is 0 Å². The third-order valence-electron chi connectivity index (χ3n) is 2.17. The molecule has 2 rings (SSSR count). The van der Waals surface area contributed by atoms with Crippen LogP contribution in [-0.4, -0.2) is 28.6 Å². The van der Waals surface area contributed by atoms with Crippen molar-refractivity contribution >= 4 is 33.1 Å². The predicted octanol–water partition coefficient (Wildman–Crippen LogP) is 2.94. The summed E-state index contributed by atoms with van der Waals surface area (Å²) in [4.78, 5) is 13.2. The molecule has 0 aliphatic heterocycles. The van der Waals surface area contributed by atoms with Crippen molar-refractivity contribution in [3.8, 4) is 10.8 Å². The zero-order chi connectivity index (χ0) is 13.0. The molecule has 7 heteroatoms. The molecule has 96 valence electrons. The van der Waals surface area contributed by atoms with Crippen LogP contribution in [0.5, 0.6) is 0 Å². The summed E-state index contributed by atoms with van der Waals surface area (Å²) in [5.41, 5.74) is 0.814. The van der Waals surface area contributed by atoms with E-state index >= 15 is 0 Å². The van der Waals surface area contributed by atoms with Crippen molar-refractivity contribution in [2.45, 2.75) is 13.5 Å². The van der Waals surface area contributed by atoms with Gasteiger partial charge in [0.2, 0.25) is 0 Å². The molecule has 2 heterocycles. The van der Waals surface area contributed by atoms with Crippen molar-refractivity contribution in [2.75, 3.05) is 19.0 Å². The van der Waals surface area contributed by atoms with Crippen molar-refractivity contribution in [2.24, 2.45) is 0 Å². The summed E-state index contributed by atoms with van der Waals surface area (Å²) in [7, 11) is 1.64. The summed E-state index contributed by atoms with van der Waals surface area (Å²) < 4.78 is 5.99. The highest BCUT2D eigenvalue weighted by Crippen LogP contribution is 2.28. The van der Waals surface area contributed by atoms with Crippen LogP contribution in [0.25, 0.3) is 10.8 Å². The number of methoxy groups -OCH3 is 1. The highest BCUT2D eigenvalue weighted by Gasteiger charge is 2.14. The molecule has 0 unspecified atom stereocenters. The van der Waals surface area contributed by atoms with Gasteiger partial charge in [-0.1, -0.05) is 0 Å². The van der Waals surface area contributed by atoms with Gasteiger partial charge < -0.3 is 10.1 Å². The Bertz CT molecular complexity index is 491. The largest absolute Gasteiger partial charge is 0.378 e. The Kier molecular flexibility index (Phi) is 4.62. The summed E-state index contributed by atoms with van der Waals surface area (Å²) >= 11 is 5.01. The van der Waals surface area contributed by atoms with Crippen LogP contribution >= 0.6 is 27.3 Å². The van der Waals surface area contributed by atoms with Gasteiger partial charge in [-0.15, -0.1) is 11.3 Å². The van der Waals surface area contributed by atoms with Crippen molar-refractivity contribution in [1.29, 1.82) is 0 Å². The fourth-order valence-corrected chi connectivity index (χ4v) is 2.44. The molecular formula is C11H13BrN4OS. The average molecular weight is 329 g/mol. The van der Waals surface area contributed by atoms with E-state index in [1.807, 2.05) is 12.3 Å². The summed E-state index contributed by atoms with van der Waals surface area (Å²) in [6.07, 6.45) is 1.74. The predicted molar refractivity (Wildman–Crippen MR) is 75.7 cm³/mol. The molecule has 0 aromatic carbocycles. The van der Waals surface area contributed by atoms with Gasteiger partial charge in [0.1, 0.15) is 5.82 Å². The van der Waals surface area contributed by atoms with Crippen molar-refractivity contribution in [3.05, 3.63) is 21.7 Å². The molecule has 0 radical (unpaired) electrons. The maximum atomic E-state index is 5.15. The van der Waals surface area contributed by atoms with Gasteiger partial charge in [-0.25, -0.2) is 15.0 Å². The van der Waals surface area contributed by atoms with E-state index in [1.54, 1.807) is 13.3 Å². The summed E-state index contributed by atoms with van der Waals surface area (Å²) in [5, 5.41) is 5.91. The first kappa shape index (κ1) is 13.4. The van der Waals surface area contributed by atoms with Crippen LogP contribution in [0.1, 0.15) is 12.6 Å². The molecule has 0 spiro atoms. The van der Waals surface area contributed by atoms with Gasteiger partial charge in [-0.3, -0.25) is 0 Å². The van der Waals surface area contributed by atoms with Gasteiger partial charge in [0.15, 0.2) is 10.8 Å². The van der Waals surface area contributed by atoms with E-state index in [4.69, 9.17) is 4.74 Å². The average Bonchev–Trinajstić information content (AvgIpc) is 2.88. The van der Waals surface area contributed by atoms with Crippen molar-refractivity contribution in [3.63, 3.8) is 0 Å². The normalized spacial score (nSPS) is 10.6. The molecule has 2 aromatic heterocycles.